The summed E-state index contributed by atoms with van der Waals surface area (Å²) < 4.78 is 9.36. The topological polar surface area (TPSA) is 47.6 Å². The van der Waals surface area contributed by atoms with Crippen molar-refractivity contribution in [1.29, 1.82) is 0 Å². The highest BCUT2D eigenvalue weighted by Crippen LogP contribution is 2.65. The molecule has 1 atom stereocenters. The first-order valence-electron chi connectivity index (χ1n) is 7.41. The number of carbonyl (C=O) groups is 1. The maximum Gasteiger partial charge on any atom is 0.238 e. The van der Waals surface area contributed by atoms with E-state index in [0.717, 1.165) is 5.56 Å². The maximum absolute atomic E-state index is 13.0. The molecule has 1 fully saturated rings. The molecule has 1 aliphatic carbocycles. The number of hydrogen-bond donors (Lipinski definition) is 1. The molecule has 4 nitrogen and oxygen atoms in total. The predicted octanol–water partition coefficient (Wildman–Crippen LogP) is 4.16. The third-order valence-corrected chi connectivity index (χ3v) is 5.21. The molecule has 24 heavy (non-hydrogen) atoms. The van der Waals surface area contributed by atoms with Crippen molar-refractivity contribution < 1.29 is 14.3 Å². The number of methoxy groups -OCH3 is 2. The number of alkyl halides is 2. The fraction of sp³-hybridized carbons (Fsp3) is 0.278. The van der Waals surface area contributed by atoms with Gasteiger partial charge in [0.1, 0.15) is 21.2 Å². The summed E-state index contributed by atoms with van der Waals surface area (Å²) in [6.45, 7) is 0. The second kappa shape index (κ2) is 6.19. The standard InChI is InChI=1S/C18H17Cl2NO3/c1-23-13-8-9-14(15(10-13)24-2)21-16(22)17(11-18(17,19)20)12-6-4-3-5-7-12/h3-10H,11H2,1-2H3,(H,21,22). The number of nitrogens with one attached hydrogen (secondary N) is 1. The molecule has 0 spiro atoms. The van der Waals surface area contributed by atoms with Crippen molar-refractivity contribution in [1.82, 2.24) is 0 Å². The number of carbonyl (C=O) groups excluding carboxylic acids is 1. The molecule has 1 aliphatic rings. The molecule has 2 aromatic carbocycles. The van der Waals surface area contributed by atoms with Crippen molar-refractivity contribution in [3.05, 3.63) is 54.1 Å². The molecule has 0 aliphatic heterocycles. The van der Waals surface area contributed by atoms with Gasteiger partial charge < -0.3 is 14.8 Å². The fourth-order valence-corrected chi connectivity index (χ4v) is 3.62. The van der Waals surface area contributed by atoms with E-state index in [-0.39, 0.29) is 5.91 Å². The third kappa shape index (κ3) is 2.70. The van der Waals surface area contributed by atoms with Gasteiger partial charge in [0.15, 0.2) is 0 Å². The van der Waals surface area contributed by atoms with Gasteiger partial charge in [-0.2, -0.15) is 0 Å². The average molecular weight is 366 g/mol. The van der Waals surface area contributed by atoms with E-state index in [1.807, 2.05) is 30.3 Å². The van der Waals surface area contributed by atoms with Crippen LogP contribution in [0.4, 0.5) is 5.69 Å². The van der Waals surface area contributed by atoms with E-state index >= 15 is 0 Å². The van der Waals surface area contributed by atoms with Crippen LogP contribution in [0.1, 0.15) is 12.0 Å². The normalized spacial score (nSPS) is 21.0. The van der Waals surface area contributed by atoms with Crippen molar-refractivity contribution in [3.63, 3.8) is 0 Å². The Hall–Kier alpha value is -1.91. The Labute approximate surface area is 150 Å². The molecule has 1 N–H and O–H groups in total. The quantitative estimate of drug-likeness (QED) is 0.809. The van der Waals surface area contributed by atoms with E-state index in [0.29, 0.717) is 23.6 Å². The molecule has 2 aromatic rings. The van der Waals surface area contributed by atoms with Crippen LogP contribution in [0.3, 0.4) is 0 Å². The van der Waals surface area contributed by atoms with E-state index in [2.05, 4.69) is 5.32 Å². The van der Waals surface area contributed by atoms with Gasteiger partial charge in [0, 0.05) is 12.5 Å². The molecular weight excluding hydrogens is 349 g/mol. The van der Waals surface area contributed by atoms with Crippen LogP contribution in [-0.2, 0) is 10.2 Å². The first kappa shape index (κ1) is 16.9. The number of anilines is 1. The van der Waals surface area contributed by atoms with Crippen LogP contribution >= 0.6 is 23.2 Å². The van der Waals surface area contributed by atoms with Crippen LogP contribution in [0.2, 0.25) is 0 Å². The average Bonchev–Trinajstić information content (AvgIpc) is 3.20. The fourth-order valence-electron chi connectivity index (χ4n) is 2.83. The molecule has 0 heterocycles. The van der Waals surface area contributed by atoms with Gasteiger partial charge in [-0.05, 0) is 17.7 Å². The molecule has 1 unspecified atom stereocenters. The Bertz CT molecular complexity index is 764. The third-order valence-electron chi connectivity index (χ3n) is 4.30. The largest absolute Gasteiger partial charge is 0.497 e. The Balaban J connectivity index is 1.92. The number of benzene rings is 2. The molecular formula is C18H17Cl2NO3. The van der Waals surface area contributed by atoms with E-state index in [4.69, 9.17) is 32.7 Å². The van der Waals surface area contributed by atoms with Crippen LogP contribution in [0.25, 0.3) is 0 Å². The minimum absolute atomic E-state index is 0.262. The Kier molecular flexibility index (Phi) is 4.37. The summed E-state index contributed by atoms with van der Waals surface area (Å²) in [4.78, 5) is 13.0. The summed E-state index contributed by atoms with van der Waals surface area (Å²) in [6, 6.07) is 14.5. The highest BCUT2D eigenvalue weighted by molar-refractivity contribution is 6.54. The SMILES string of the molecule is COc1ccc(NC(=O)C2(c3ccccc3)CC2(Cl)Cl)c(OC)c1. The van der Waals surface area contributed by atoms with Gasteiger partial charge in [0.25, 0.3) is 0 Å². The lowest BCUT2D eigenvalue weighted by Crippen LogP contribution is -2.32. The maximum atomic E-state index is 13.0. The first-order valence-corrected chi connectivity index (χ1v) is 8.17. The van der Waals surface area contributed by atoms with Crippen LogP contribution in [0.15, 0.2) is 48.5 Å². The summed E-state index contributed by atoms with van der Waals surface area (Å²) in [5.41, 5.74) is 0.358. The van der Waals surface area contributed by atoms with E-state index < -0.39 is 9.75 Å². The van der Waals surface area contributed by atoms with Crippen LogP contribution in [-0.4, -0.2) is 24.5 Å². The summed E-state index contributed by atoms with van der Waals surface area (Å²) >= 11 is 12.7. The van der Waals surface area contributed by atoms with Crippen LogP contribution in [0.5, 0.6) is 11.5 Å². The smallest absolute Gasteiger partial charge is 0.238 e. The lowest BCUT2D eigenvalue weighted by atomic mass is 9.94. The van der Waals surface area contributed by atoms with Gasteiger partial charge in [-0.15, -0.1) is 23.2 Å². The van der Waals surface area contributed by atoms with Gasteiger partial charge in [0.2, 0.25) is 5.91 Å². The molecule has 6 heteroatoms. The number of hydrogen-bond acceptors (Lipinski definition) is 3. The van der Waals surface area contributed by atoms with Crippen molar-refractivity contribution in [2.75, 3.05) is 19.5 Å². The molecule has 1 amide bonds. The monoisotopic (exact) mass is 365 g/mol. The summed E-state index contributed by atoms with van der Waals surface area (Å²) in [6.07, 6.45) is 0.359. The van der Waals surface area contributed by atoms with Gasteiger partial charge in [-0.25, -0.2) is 0 Å². The minimum Gasteiger partial charge on any atom is -0.497 e. The highest BCUT2D eigenvalue weighted by atomic mass is 35.5. The zero-order valence-corrected chi connectivity index (χ0v) is 14.8. The Morgan fingerprint density at radius 3 is 2.29 bits per heavy atom. The van der Waals surface area contributed by atoms with Crippen molar-refractivity contribution in [2.24, 2.45) is 0 Å². The molecule has 0 bridgehead atoms. The zero-order valence-electron chi connectivity index (χ0n) is 13.3. The summed E-state index contributed by atoms with van der Waals surface area (Å²) in [5, 5.41) is 2.88. The van der Waals surface area contributed by atoms with E-state index in [1.165, 1.54) is 7.11 Å². The van der Waals surface area contributed by atoms with Crippen LogP contribution in [0, 0.1) is 0 Å². The number of ether oxygens (including phenoxy) is 2. The zero-order chi connectivity index (χ0) is 17.4. The van der Waals surface area contributed by atoms with Crippen molar-refractivity contribution in [3.8, 4) is 11.5 Å². The molecule has 0 aromatic heterocycles. The van der Waals surface area contributed by atoms with Gasteiger partial charge >= 0.3 is 0 Å². The summed E-state index contributed by atoms with van der Waals surface area (Å²) in [7, 11) is 3.10. The first-order chi connectivity index (χ1) is 11.4. The lowest BCUT2D eigenvalue weighted by Gasteiger charge is -2.19. The van der Waals surface area contributed by atoms with E-state index in [9.17, 15) is 4.79 Å². The minimum atomic E-state index is -1.13. The van der Waals surface area contributed by atoms with Crippen LogP contribution < -0.4 is 14.8 Å². The molecule has 126 valence electrons. The molecule has 0 saturated heterocycles. The van der Waals surface area contributed by atoms with Gasteiger partial charge in [-0.3, -0.25) is 4.79 Å². The Morgan fingerprint density at radius 2 is 1.75 bits per heavy atom. The predicted molar refractivity (Wildman–Crippen MR) is 95.3 cm³/mol. The number of amides is 1. The highest BCUT2D eigenvalue weighted by Gasteiger charge is 2.72. The van der Waals surface area contributed by atoms with E-state index in [1.54, 1.807) is 25.3 Å². The number of halogens is 2. The van der Waals surface area contributed by atoms with Gasteiger partial charge in [-0.1, -0.05) is 30.3 Å². The van der Waals surface area contributed by atoms with Crippen molar-refractivity contribution in [2.45, 2.75) is 16.2 Å². The summed E-state index contributed by atoms with van der Waals surface area (Å²) in [5.74, 6) is 0.876. The molecule has 1 saturated carbocycles. The van der Waals surface area contributed by atoms with Crippen molar-refractivity contribution >= 4 is 34.8 Å². The second-order valence-corrected chi connectivity index (χ2v) is 7.16. The van der Waals surface area contributed by atoms with Gasteiger partial charge in [0.05, 0.1) is 19.9 Å². The second-order valence-electron chi connectivity index (χ2n) is 5.67. The lowest BCUT2D eigenvalue weighted by molar-refractivity contribution is -0.118. The molecule has 3 rings (SSSR count). The number of rotatable bonds is 5. The molecule has 0 radical (unpaired) electrons. The Morgan fingerprint density at radius 1 is 1.08 bits per heavy atom.